The summed E-state index contributed by atoms with van der Waals surface area (Å²) in [5.74, 6) is 0.0281. The summed E-state index contributed by atoms with van der Waals surface area (Å²) in [6.45, 7) is 5.79. The summed E-state index contributed by atoms with van der Waals surface area (Å²) in [5.41, 5.74) is 7.09. The van der Waals surface area contributed by atoms with Crippen molar-refractivity contribution in [3.8, 4) is 0 Å². The fourth-order valence-electron chi connectivity index (χ4n) is 1.42. The van der Waals surface area contributed by atoms with E-state index in [4.69, 9.17) is 5.73 Å². The lowest BCUT2D eigenvalue weighted by molar-refractivity contribution is 0.0897. The van der Waals surface area contributed by atoms with Gasteiger partial charge in [0.15, 0.2) is 5.78 Å². The zero-order valence-electron chi connectivity index (χ0n) is 9.71. The van der Waals surface area contributed by atoms with Crippen LogP contribution in [0.5, 0.6) is 0 Å². The number of benzene rings is 1. The van der Waals surface area contributed by atoms with Crippen LogP contribution in [0.15, 0.2) is 24.3 Å². The predicted molar refractivity (Wildman–Crippen MR) is 63.0 cm³/mol. The fourth-order valence-corrected chi connectivity index (χ4v) is 1.42. The van der Waals surface area contributed by atoms with Crippen LogP contribution in [0.1, 0.15) is 43.1 Å². The maximum atomic E-state index is 12.0. The Morgan fingerprint density at radius 2 is 2.07 bits per heavy atom. The highest BCUT2D eigenvalue weighted by Crippen LogP contribution is 2.15. The van der Waals surface area contributed by atoms with Gasteiger partial charge in [-0.3, -0.25) is 4.79 Å². The third kappa shape index (κ3) is 2.66. The van der Waals surface area contributed by atoms with Gasteiger partial charge in [-0.1, -0.05) is 32.0 Å². The highest BCUT2D eigenvalue weighted by Gasteiger charge is 2.26. The SMILES string of the molecule is CCc1cccc(C(=O)C(C)(N)CC)c1. The highest BCUT2D eigenvalue weighted by atomic mass is 16.1. The topological polar surface area (TPSA) is 43.1 Å². The van der Waals surface area contributed by atoms with Gasteiger partial charge in [0.1, 0.15) is 0 Å². The molecular formula is C13H19NO. The Balaban J connectivity index is 3.01. The lowest BCUT2D eigenvalue weighted by atomic mass is 9.89. The number of nitrogens with two attached hydrogens (primary N) is 1. The van der Waals surface area contributed by atoms with Crippen LogP contribution in [-0.2, 0) is 6.42 Å². The van der Waals surface area contributed by atoms with E-state index in [1.807, 2.05) is 31.2 Å². The van der Waals surface area contributed by atoms with Crippen molar-refractivity contribution in [3.05, 3.63) is 35.4 Å². The van der Waals surface area contributed by atoms with Gasteiger partial charge in [-0.25, -0.2) is 0 Å². The van der Waals surface area contributed by atoms with E-state index < -0.39 is 5.54 Å². The van der Waals surface area contributed by atoms with Gasteiger partial charge in [0.05, 0.1) is 5.54 Å². The summed E-state index contributed by atoms with van der Waals surface area (Å²) in [4.78, 5) is 12.0. The maximum Gasteiger partial charge on any atom is 0.182 e. The Morgan fingerprint density at radius 1 is 1.40 bits per heavy atom. The molecule has 0 amide bonds. The van der Waals surface area contributed by atoms with Crippen LogP contribution in [0.3, 0.4) is 0 Å². The molecule has 0 saturated heterocycles. The molecule has 0 heterocycles. The molecule has 0 radical (unpaired) electrons. The Bertz CT molecular complexity index is 355. The van der Waals surface area contributed by atoms with Crippen molar-refractivity contribution in [1.82, 2.24) is 0 Å². The van der Waals surface area contributed by atoms with Crippen molar-refractivity contribution in [2.75, 3.05) is 0 Å². The molecule has 1 unspecified atom stereocenters. The molecule has 0 aliphatic carbocycles. The van der Waals surface area contributed by atoms with Gasteiger partial charge in [-0.05, 0) is 31.4 Å². The molecule has 1 aromatic rings. The van der Waals surface area contributed by atoms with E-state index in [2.05, 4.69) is 6.92 Å². The molecule has 15 heavy (non-hydrogen) atoms. The Hall–Kier alpha value is -1.15. The van der Waals surface area contributed by atoms with Gasteiger partial charge >= 0.3 is 0 Å². The van der Waals surface area contributed by atoms with Gasteiger partial charge in [-0.2, -0.15) is 0 Å². The van der Waals surface area contributed by atoms with Crippen molar-refractivity contribution >= 4 is 5.78 Å². The quantitative estimate of drug-likeness (QED) is 0.768. The third-order valence-corrected chi connectivity index (χ3v) is 2.85. The lowest BCUT2D eigenvalue weighted by Crippen LogP contribution is -2.44. The molecule has 0 spiro atoms. The second-order valence-electron chi connectivity index (χ2n) is 4.15. The Morgan fingerprint density at radius 3 is 2.60 bits per heavy atom. The first-order valence-electron chi connectivity index (χ1n) is 5.44. The van der Waals surface area contributed by atoms with Crippen molar-refractivity contribution in [3.63, 3.8) is 0 Å². The molecule has 82 valence electrons. The molecule has 2 heteroatoms. The van der Waals surface area contributed by atoms with Gasteiger partial charge in [0, 0.05) is 5.56 Å². The van der Waals surface area contributed by atoms with Crippen LogP contribution in [-0.4, -0.2) is 11.3 Å². The average molecular weight is 205 g/mol. The number of Topliss-reactive ketones (excluding diaryl/α,β-unsaturated/α-hetero) is 1. The number of hydrogen-bond donors (Lipinski definition) is 1. The number of carbonyl (C=O) groups is 1. The molecule has 0 aromatic heterocycles. The Labute approximate surface area is 91.5 Å². The summed E-state index contributed by atoms with van der Waals surface area (Å²) in [6, 6.07) is 7.71. The summed E-state index contributed by atoms with van der Waals surface area (Å²) in [6.07, 6.45) is 1.59. The van der Waals surface area contributed by atoms with E-state index in [1.165, 1.54) is 5.56 Å². The van der Waals surface area contributed by atoms with Gasteiger partial charge in [-0.15, -0.1) is 0 Å². The molecule has 2 N–H and O–H groups in total. The Kier molecular flexibility index (Phi) is 3.64. The van der Waals surface area contributed by atoms with Crippen molar-refractivity contribution < 1.29 is 4.79 Å². The molecule has 0 saturated carbocycles. The third-order valence-electron chi connectivity index (χ3n) is 2.85. The number of carbonyl (C=O) groups excluding carboxylic acids is 1. The van der Waals surface area contributed by atoms with Gasteiger partial charge < -0.3 is 5.73 Å². The van der Waals surface area contributed by atoms with E-state index in [0.717, 1.165) is 12.0 Å². The van der Waals surface area contributed by atoms with Crippen LogP contribution in [0.4, 0.5) is 0 Å². The van der Waals surface area contributed by atoms with E-state index in [1.54, 1.807) is 6.92 Å². The smallest absolute Gasteiger partial charge is 0.182 e. The first-order valence-corrected chi connectivity index (χ1v) is 5.44. The second-order valence-corrected chi connectivity index (χ2v) is 4.15. The summed E-state index contributed by atoms with van der Waals surface area (Å²) in [5, 5.41) is 0. The van der Waals surface area contributed by atoms with Crippen LogP contribution in [0.2, 0.25) is 0 Å². The van der Waals surface area contributed by atoms with Crippen LogP contribution in [0, 0.1) is 0 Å². The summed E-state index contributed by atoms with van der Waals surface area (Å²) >= 11 is 0. The minimum atomic E-state index is -0.744. The lowest BCUT2D eigenvalue weighted by Gasteiger charge is -2.21. The van der Waals surface area contributed by atoms with E-state index in [-0.39, 0.29) is 5.78 Å². The molecule has 0 aliphatic heterocycles. The molecule has 0 aliphatic rings. The highest BCUT2D eigenvalue weighted by molar-refractivity contribution is 6.02. The largest absolute Gasteiger partial charge is 0.319 e. The molecule has 0 fully saturated rings. The normalized spacial score (nSPS) is 14.7. The second kappa shape index (κ2) is 4.58. The van der Waals surface area contributed by atoms with E-state index in [0.29, 0.717) is 6.42 Å². The zero-order chi connectivity index (χ0) is 11.5. The monoisotopic (exact) mass is 205 g/mol. The molecule has 1 atom stereocenters. The van der Waals surface area contributed by atoms with Crippen LogP contribution < -0.4 is 5.73 Å². The van der Waals surface area contributed by atoms with Crippen LogP contribution in [0.25, 0.3) is 0 Å². The average Bonchev–Trinajstić information content (AvgIpc) is 2.28. The number of rotatable bonds is 4. The molecule has 1 aromatic carbocycles. The maximum absolute atomic E-state index is 12.0. The summed E-state index contributed by atoms with van der Waals surface area (Å²) in [7, 11) is 0. The minimum absolute atomic E-state index is 0.0281. The number of ketones is 1. The molecule has 1 rings (SSSR count). The standard InChI is InChI=1S/C13H19NO/c1-4-10-7-6-8-11(9-10)12(15)13(3,14)5-2/h6-9H,4-5,14H2,1-3H3. The van der Waals surface area contributed by atoms with Gasteiger partial charge in [0.25, 0.3) is 0 Å². The number of aryl methyl sites for hydroxylation is 1. The molecule has 0 bridgehead atoms. The zero-order valence-corrected chi connectivity index (χ0v) is 9.71. The van der Waals surface area contributed by atoms with E-state index in [9.17, 15) is 4.79 Å². The molecular weight excluding hydrogens is 186 g/mol. The van der Waals surface area contributed by atoms with Gasteiger partial charge in [0.2, 0.25) is 0 Å². The predicted octanol–water partition coefficient (Wildman–Crippen LogP) is 2.56. The van der Waals surface area contributed by atoms with Crippen molar-refractivity contribution in [2.24, 2.45) is 5.73 Å². The molecule has 2 nitrogen and oxygen atoms in total. The minimum Gasteiger partial charge on any atom is -0.319 e. The van der Waals surface area contributed by atoms with Crippen LogP contribution >= 0.6 is 0 Å². The first kappa shape index (κ1) is 11.9. The fraction of sp³-hybridized carbons (Fsp3) is 0.462. The number of hydrogen-bond acceptors (Lipinski definition) is 2. The first-order chi connectivity index (χ1) is 7.01. The van der Waals surface area contributed by atoms with Crippen molar-refractivity contribution in [2.45, 2.75) is 39.2 Å². The summed E-state index contributed by atoms with van der Waals surface area (Å²) < 4.78 is 0. The van der Waals surface area contributed by atoms with E-state index >= 15 is 0 Å². The van der Waals surface area contributed by atoms with Crippen molar-refractivity contribution in [1.29, 1.82) is 0 Å².